The van der Waals surface area contributed by atoms with Crippen molar-refractivity contribution in [1.82, 2.24) is 24.5 Å². The lowest BCUT2D eigenvalue weighted by Gasteiger charge is -2.32. The van der Waals surface area contributed by atoms with Gasteiger partial charge in [0.25, 0.3) is 7.82 Å². The first-order valence-corrected chi connectivity index (χ1v) is 24.5. The fourth-order valence-electron chi connectivity index (χ4n) is 7.17. The molecule has 1 fully saturated rings. The van der Waals surface area contributed by atoms with Crippen LogP contribution in [0, 0.1) is 6.92 Å². The minimum atomic E-state index is -4.16. The number of hydrogen-bond acceptors (Lipinski definition) is 13. The summed E-state index contributed by atoms with van der Waals surface area (Å²) in [5.41, 5.74) is 1.92. The molecule has 1 amide bonds. The Kier molecular flexibility index (Phi) is 33.2. The Labute approximate surface area is 378 Å². The van der Waals surface area contributed by atoms with Crippen molar-refractivity contribution in [3.05, 3.63) is 36.8 Å². The molecule has 1 aromatic rings. The molecule has 1 heterocycles. The summed E-state index contributed by atoms with van der Waals surface area (Å²) in [5.74, 6) is -3.20. The fourth-order valence-corrected chi connectivity index (χ4v) is 7.83. The van der Waals surface area contributed by atoms with Crippen molar-refractivity contribution >= 4 is 37.3 Å². The number of phosphoric acid groups is 1. The molecule has 1 aliphatic heterocycles. The first-order valence-electron chi connectivity index (χ1n) is 23.0. The Bertz CT molecular complexity index is 1390. The van der Waals surface area contributed by atoms with Gasteiger partial charge in [0.2, 0.25) is 5.91 Å². The summed E-state index contributed by atoms with van der Waals surface area (Å²) >= 11 is 0. The molecule has 17 nitrogen and oxygen atoms in total. The predicted molar refractivity (Wildman–Crippen MR) is 246 cm³/mol. The first kappa shape index (κ1) is 57.9. The van der Waals surface area contributed by atoms with Gasteiger partial charge in [-0.3, -0.25) is 47.9 Å². The zero-order valence-electron chi connectivity index (χ0n) is 38.7. The monoisotopic (exact) mass is 913 g/mol. The largest absolute Gasteiger partial charge is 0.756 e. The van der Waals surface area contributed by atoms with E-state index >= 15 is 0 Å². The average molecular weight is 913 g/mol. The summed E-state index contributed by atoms with van der Waals surface area (Å²) in [7, 11) is 1.84. The van der Waals surface area contributed by atoms with Crippen LogP contribution in [0.1, 0.15) is 108 Å². The smallest absolute Gasteiger partial charge is 0.317 e. The minimum Gasteiger partial charge on any atom is -0.756 e. The van der Waals surface area contributed by atoms with Crippen LogP contribution in [0.3, 0.4) is 0 Å². The second-order valence-electron chi connectivity index (χ2n) is 16.9. The summed E-state index contributed by atoms with van der Waals surface area (Å²) in [4.78, 5) is 68.0. The van der Waals surface area contributed by atoms with Gasteiger partial charge in [0, 0.05) is 58.0 Å². The Morgan fingerprint density at radius 1 is 0.587 bits per heavy atom. The highest BCUT2D eigenvalue weighted by molar-refractivity contribution is 7.45. The lowest BCUT2D eigenvalue weighted by molar-refractivity contribution is -0.224. The summed E-state index contributed by atoms with van der Waals surface area (Å²) in [6.45, 7) is 5.54. The highest BCUT2D eigenvalue weighted by Gasteiger charge is 2.21. The molecule has 0 spiro atoms. The van der Waals surface area contributed by atoms with Crippen LogP contribution in [-0.2, 0) is 39.2 Å². The predicted octanol–water partition coefficient (Wildman–Crippen LogP) is 5.40. The number of carbonyl (C=O) groups is 4. The molecular formula is C45H81N6O11P. The van der Waals surface area contributed by atoms with Gasteiger partial charge in [-0.1, -0.05) is 102 Å². The Hall–Kier alpha value is -3.12. The van der Waals surface area contributed by atoms with Crippen molar-refractivity contribution in [2.24, 2.45) is 0 Å². The second kappa shape index (κ2) is 36.1. The van der Waals surface area contributed by atoms with Gasteiger partial charge >= 0.3 is 17.9 Å². The molecule has 18 heteroatoms. The number of nitrogens with zero attached hydrogens (tertiary/aromatic N) is 5. The van der Waals surface area contributed by atoms with Gasteiger partial charge in [-0.05, 0) is 58.1 Å². The van der Waals surface area contributed by atoms with Crippen LogP contribution in [0.25, 0.3) is 0 Å². The molecule has 1 saturated heterocycles. The molecule has 4 N–H and O–H groups in total. The van der Waals surface area contributed by atoms with Crippen molar-refractivity contribution in [3.8, 4) is 0 Å². The number of amides is 1. The molecule has 1 atom stereocenters. The minimum absolute atomic E-state index is 0.0578. The van der Waals surface area contributed by atoms with Crippen LogP contribution in [0.4, 0.5) is 5.69 Å². The van der Waals surface area contributed by atoms with E-state index in [1.165, 1.54) is 82.6 Å². The highest BCUT2D eigenvalue weighted by Crippen LogP contribution is 2.38. The van der Waals surface area contributed by atoms with E-state index in [9.17, 15) is 44.0 Å². The quantitative estimate of drug-likeness (QED) is 0.0417. The van der Waals surface area contributed by atoms with E-state index in [-0.39, 0.29) is 45.3 Å². The lowest BCUT2D eigenvalue weighted by atomic mass is 10.0. The summed E-state index contributed by atoms with van der Waals surface area (Å²) in [6.07, 6.45) is 20.0. The molecule has 0 radical (unpaired) electrons. The zero-order valence-corrected chi connectivity index (χ0v) is 39.6. The SMILES string of the molecule is CN(C)C.[CH2+]COP(=O)([O-])OCCCCCCCCCCCCCCCCCCc1ccc(NC(=O)CN2CCN(CC(=O)O)CCN(CC(=O)O)CCN(CC(=O)O)CC2)cc1. The van der Waals surface area contributed by atoms with E-state index < -0.39 is 25.7 Å². The number of aliphatic carboxylic acids is 3. The Balaban J connectivity index is 0.00000474. The van der Waals surface area contributed by atoms with Gasteiger partial charge in [0.15, 0.2) is 6.61 Å². The van der Waals surface area contributed by atoms with E-state index in [2.05, 4.69) is 16.8 Å². The maximum absolute atomic E-state index is 13.1. The molecule has 2 rings (SSSR count). The van der Waals surface area contributed by atoms with Crippen molar-refractivity contribution in [2.75, 3.05) is 118 Å². The van der Waals surface area contributed by atoms with E-state index in [1.807, 2.05) is 55.2 Å². The molecule has 1 aromatic carbocycles. The molecule has 362 valence electrons. The Morgan fingerprint density at radius 2 is 0.905 bits per heavy atom. The molecule has 0 saturated carbocycles. The number of rotatable bonds is 31. The van der Waals surface area contributed by atoms with Gasteiger partial charge in [-0.25, -0.2) is 0 Å². The molecule has 0 aromatic heterocycles. The Morgan fingerprint density at radius 3 is 1.24 bits per heavy atom. The average Bonchev–Trinajstić information content (AvgIpc) is 3.19. The summed E-state index contributed by atoms with van der Waals surface area (Å²) in [5, 5.41) is 31.2. The summed E-state index contributed by atoms with van der Waals surface area (Å²) in [6, 6.07) is 7.92. The number of aryl methyl sites for hydroxylation is 1. The molecular weight excluding hydrogens is 831 g/mol. The van der Waals surface area contributed by atoms with Crippen LogP contribution in [0.2, 0.25) is 0 Å². The van der Waals surface area contributed by atoms with E-state index in [4.69, 9.17) is 4.52 Å². The third-order valence-electron chi connectivity index (χ3n) is 10.5. The number of benzene rings is 1. The third kappa shape index (κ3) is 34.9. The third-order valence-corrected chi connectivity index (χ3v) is 11.5. The molecule has 0 aliphatic carbocycles. The number of hydrogen-bond donors (Lipinski definition) is 4. The zero-order chi connectivity index (χ0) is 46.7. The maximum Gasteiger partial charge on any atom is 0.317 e. The maximum atomic E-state index is 13.1. The van der Waals surface area contributed by atoms with Crippen LogP contribution >= 0.6 is 7.82 Å². The standard InChI is InChI=1S/C42H72N5O11P.C3H9N/c1-2-57-59(55,56)58-32-18-16-14-12-10-8-6-4-3-5-7-9-11-13-15-17-19-37-20-22-38(23-21-37)43-39(48)33-44-24-26-45(34-40(49)50)28-30-47(36-42(53)54)31-29-46(27-25-44)35-41(51)52;1-4(2)3/h20-23H,1-19,24-36H2,(H4-,43,48,49,50,51,52,53,54,55,56);1-3H3. The number of carboxylic acids is 3. The lowest BCUT2D eigenvalue weighted by Crippen LogP contribution is -2.49. The number of nitrogens with one attached hydrogen (secondary N) is 1. The van der Waals surface area contributed by atoms with Crippen LogP contribution in [-0.4, -0.2) is 177 Å². The van der Waals surface area contributed by atoms with Crippen molar-refractivity contribution in [3.63, 3.8) is 0 Å². The van der Waals surface area contributed by atoms with E-state index in [0.29, 0.717) is 58.0 Å². The number of carboxylic acid groups (broad SMARTS) is 3. The van der Waals surface area contributed by atoms with Gasteiger partial charge in [-0.15, -0.1) is 0 Å². The van der Waals surface area contributed by atoms with Crippen molar-refractivity contribution in [1.29, 1.82) is 0 Å². The summed E-state index contributed by atoms with van der Waals surface area (Å²) < 4.78 is 20.5. The highest BCUT2D eigenvalue weighted by atomic mass is 31.2. The van der Waals surface area contributed by atoms with Gasteiger partial charge < -0.3 is 35.0 Å². The number of unbranched alkanes of at least 4 members (excludes halogenated alkanes) is 15. The van der Waals surface area contributed by atoms with Gasteiger partial charge in [0.1, 0.15) is 0 Å². The molecule has 63 heavy (non-hydrogen) atoms. The normalized spacial score (nSPS) is 16.0. The number of phosphoric ester groups is 1. The molecule has 0 bridgehead atoms. The van der Waals surface area contributed by atoms with E-state index in [1.54, 1.807) is 14.7 Å². The van der Waals surface area contributed by atoms with E-state index in [0.717, 1.165) is 32.1 Å². The molecule has 1 unspecified atom stereocenters. The van der Waals surface area contributed by atoms with Gasteiger partial charge in [-0.2, -0.15) is 0 Å². The van der Waals surface area contributed by atoms with Crippen LogP contribution in [0.15, 0.2) is 24.3 Å². The fraction of sp³-hybridized carbons (Fsp3) is 0.756. The van der Waals surface area contributed by atoms with Crippen LogP contribution in [0.5, 0.6) is 0 Å². The number of anilines is 1. The van der Waals surface area contributed by atoms with Crippen molar-refractivity contribution in [2.45, 2.75) is 109 Å². The second-order valence-corrected chi connectivity index (χ2v) is 18.3. The first-order chi connectivity index (χ1) is 30.1. The molecule has 1 aliphatic rings. The topological polar surface area (TPSA) is 216 Å². The van der Waals surface area contributed by atoms with Crippen LogP contribution < -0.4 is 10.2 Å². The number of carbonyl (C=O) groups excluding carboxylic acids is 1. The van der Waals surface area contributed by atoms with Crippen molar-refractivity contribution < 1.29 is 53.0 Å². The van der Waals surface area contributed by atoms with Gasteiger partial charge in [0.05, 0.1) is 39.7 Å².